The second-order valence-electron chi connectivity index (χ2n) is 5.93. The summed E-state index contributed by atoms with van der Waals surface area (Å²) >= 11 is 0. The fourth-order valence-corrected chi connectivity index (χ4v) is 2.91. The number of rotatable bonds is 5. The summed E-state index contributed by atoms with van der Waals surface area (Å²) in [7, 11) is 0. The summed E-state index contributed by atoms with van der Waals surface area (Å²) < 4.78 is 5.25. The van der Waals surface area contributed by atoms with E-state index >= 15 is 0 Å². The van der Waals surface area contributed by atoms with Gasteiger partial charge >= 0.3 is 5.97 Å². The Labute approximate surface area is 124 Å². The molecule has 0 saturated heterocycles. The highest BCUT2D eigenvalue weighted by Gasteiger charge is 2.33. The SMILES string of the molecule is Cc1noc(C(C)C)c1C(=O)N(CC(=O)O)C1CCCC1. The molecule has 0 spiro atoms. The van der Waals surface area contributed by atoms with Crippen LogP contribution in [0.2, 0.25) is 0 Å². The van der Waals surface area contributed by atoms with E-state index in [0.717, 1.165) is 25.7 Å². The zero-order valence-corrected chi connectivity index (χ0v) is 12.8. The first-order valence-electron chi connectivity index (χ1n) is 7.40. The highest BCUT2D eigenvalue weighted by Crippen LogP contribution is 2.28. The molecule has 116 valence electrons. The molecule has 1 saturated carbocycles. The molecule has 6 nitrogen and oxygen atoms in total. The van der Waals surface area contributed by atoms with Crippen molar-refractivity contribution in [2.24, 2.45) is 0 Å². The van der Waals surface area contributed by atoms with Gasteiger partial charge in [0.2, 0.25) is 0 Å². The van der Waals surface area contributed by atoms with E-state index in [2.05, 4.69) is 5.16 Å². The normalized spacial score (nSPS) is 15.6. The van der Waals surface area contributed by atoms with Gasteiger partial charge in [-0.05, 0) is 19.8 Å². The largest absolute Gasteiger partial charge is 0.480 e. The number of aryl methyl sites for hydroxylation is 1. The van der Waals surface area contributed by atoms with E-state index in [4.69, 9.17) is 9.63 Å². The van der Waals surface area contributed by atoms with Crippen molar-refractivity contribution in [3.05, 3.63) is 17.0 Å². The minimum Gasteiger partial charge on any atom is -0.480 e. The fraction of sp³-hybridized carbons (Fsp3) is 0.667. The third kappa shape index (κ3) is 3.25. The van der Waals surface area contributed by atoms with Crippen molar-refractivity contribution in [1.29, 1.82) is 0 Å². The monoisotopic (exact) mass is 294 g/mol. The van der Waals surface area contributed by atoms with E-state index in [1.54, 1.807) is 6.92 Å². The maximum Gasteiger partial charge on any atom is 0.323 e. The highest BCUT2D eigenvalue weighted by atomic mass is 16.5. The lowest BCUT2D eigenvalue weighted by Gasteiger charge is -2.27. The summed E-state index contributed by atoms with van der Waals surface area (Å²) in [6.07, 6.45) is 3.79. The third-order valence-corrected chi connectivity index (χ3v) is 3.96. The second-order valence-corrected chi connectivity index (χ2v) is 5.93. The van der Waals surface area contributed by atoms with Crippen molar-refractivity contribution in [2.75, 3.05) is 6.54 Å². The molecule has 0 aromatic carbocycles. The maximum absolute atomic E-state index is 12.8. The van der Waals surface area contributed by atoms with Crippen LogP contribution in [0.15, 0.2) is 4.52 Å². The van der Waals surface area contributed by atoms with E-state index in [1.807, 2.05) is 13.8 Å². The summed E-state index contributed by atoms with van der Waals surface area (Å²) in [5, 5.41) is 13.0. The Bertz CT molecular complexity index is 530. The van der Waals surface area contributed by atoms with Crippen molar-refractivity contribution < 1.29 is 19.2 Å². The van der Waals surface area contributed by atoms with Crippen LogP contribution in [-0.4, -0.2) is 39.6 Å². The number of carbonyl (C=O) groups is 2. The van der Waals surface area contributed by atoms with Crippen molar-refractivity contribution in [3.8, 4) is 0 Å². The summed E-state index contributed by atoms with van der Waals surface area (Å²) in [6.45, 7) is 5.30. The first-order chi connectivity index (χ1) is 9.91. The zero-order chi connectivity index (χ0) is 15.6. The van der Waals surface area contributed by atoms with Crippen LogP contribution in [0.3, 0.4) is 0 Å². The lowest BCUT2D eigenvalue weighted by molar-refractivity contribution is -0.138. The van der Waals surface area contributed by atoms with Crippen molar-refractivity contribution in [3.63, 3.8) is 0 Å². The number of carboxylic acid groups (broad SMARTS) is 1. The molecular formula is C15H22N2O4. The predicted molar refractivity (Wildman–Crippen MR) is 76.3 cm³/mol. The van der Waals surface area contributed by atoms with E-state index in [9.17, 15) is 9.59 Å². The average molecular weight is 294 g/mol. The molecule has 0 atom stereocenters. The van der Waals surface area contributed by atoms with Crippen molar-refractivity contribution in [2.45, 2.75) is 58.4 Å². The van der Waals surface area contributed by atoms with Crippen LogP contribution in [0.5, 0.6) is 0 Å². The molecule has 0 aliphatic heterocycles. The molecular weight excluding hydrogens is 272 g/mol. The fourth-order valence-electron chi connectivity index (χ4n) is 2.91. The van der Waals surface area contributed by atoms with Gasteiger partial charge in [-0.3, -0.25) is 9.59 Å². The molecule has 21 heavy (non-hydrogen) atoms. The van der Waals surface area contributed by atoms with Crippen LogP contribution < -0.4 is 0 Å². The number of aromatic nitrogens is 1. The Morgan fingerprint density at radius 1 is 1.38 bits per heavy atom. The van der Waals surface area contributed by atoms with Gasteiger partial charge in [-0.25, -0.2) is 0 Å². The Morgan fingerprint density at radius 3 is 2.52 bits per heavy atom. The van der Waals surface area contributed by atoms with Gasteiger partial charge in [0.05, 0.1) is 5.69 Å². The van der Waals surface area contributed by atoms with Crippen LogP contribution in [0.1, 0.15) is 67.3 Å². The molecule has 1 amide bonds. The second kappa shape index (κ2) is 6.28. The smallest absolute Gasteiger partial charge is 0.323 e. The first kappa shape index (κ1) is 15.5. The number of nitrogens with zero attached hydrogens (tertiary/aromatic N) is 2. The molecule has 1 aromatic heterocycles. The van der Waals surface area contributed by atoms with Crippen LogP contribution in [0, 0.1) is 6.92 Å². The van der Waals surface area contributed by atoms with Crippen LogP contribution in [0.4, 0.5) is 0 Å². The summed E-state index contributed by atoms with van der Waals surface area (Å²) in [5.74, 6) is -0.700. The minimum atomic E-state index is -0.990. The zero-order valence-electron chi connectivity index (χ0n) is 12.8. The number of hydrogen-bond donors (Lipinski definition) is 1. The number of carbonyl (C=O) groups excluding carboxylic acids is 1. The molecule has 0 radical (unpaired) electrons. The quantitative estimate of drug-likeness (QED) is 0.902. The summed E-state index contributed by atoms with van der Waals surface area (Å²) in [6, 6.07) is 0.00270. The van der Waals surface area contributed by atoms with Crippen LogP contribution in [-0.2, 0) is 4.79 Å². The van der Waals surface area contributed by atoms with Gasteiger partial charge in [0.1, 0.15) is 12.1 Å². The lowest BCUT2D eigenvalue weighted by atomic mass is 10.0. The number of aliphatic carboxylic acids is 1. The molecule has 1 aromatic rings. The first-order valence-corrected chi connectivity index (χ1v) is 7.40. The molecule has 1 aliphatic rings. The van der Waals surface area contributed by atoms with E-state index in [0.29, 0.717) is 17.0 Å². The van der Waals surface area contributed by atoms with E-state index < -0.39 is 5.97 Å². The van der Waals surface area contributed by atoms with Gasteiger partial charge in [0, 0.05) is 12.0 Å². The minimum absolute atomic E-state index is 0.00270. The summed E-state index contributed by atoms with van der Waals surface area (Å²) in [4.78, 5) is 25.4. The third-order valence-electron chi connectivity index (χ3n) is 3.96. The van der Waals surface area contributed by atoms with Gasteiger partial charge in [0.25, 0.3) is 5.91 Å². The van der Waals surface area contributed by atoms with Crippen LogP contribution in [0.25, 0.3) is 0 Å². The Hall–Kier alpha value is -1.85. The van der Waals surface area contributed by atoms with Gasteiger partial charge in [-0.1, -0.05) is 31.8 Å². The number of hydrogen-bond acceptors (Lipinski definition) is 4. The average Bonchev–Trinajstić information content (AvgIpc) is 3.03. The molecule has 1 aliphatic carbocycles. The summed E-state index contributed by atoms with van der Waals surface area (Å²) in [5.41, 5.74) is 0.954. The van der Waals surface area contributed by atoms with Gasteiger partial charge in [-0.2, -0.15) is 0 Å². The maximum atomic E-state index is 12.8. The molecule has 0 bridgehead atoms. The molecule has 1 fully saturated rings. The topological polar surface area (TPSA) is 83.6 Å². The lowest BCUT2D eigenvalue weighted by Crippen LogP contribution is -2.42. The van der Waals surface area contributed by atoms with Crippen molar-refractivity contribution in [1.82, 2.24) is 10.1 Å². The Balaban J connectivity index is 2.33. The highest BCUT2D eigenvalue weighted by molar-refractivity contribution is 5.98. The number of amides is 1. The Morgan fingerprint density at radius 2 is 2.00 bits per heavy atom. The van der Waals surface area contributed by atoms with Crippen molar-refractivity contribution >= 4 is 11.9 Å². The molecule has 2 rings (SSSR count). The standard InChI is InChI=1S/C15H22N2O4/c1-9(2)14-13(10(3)16-21-14)15(20)17(8-12(18)19)11-6-4-5-7-11/h9,11H,4-8H2,1-3H3,(H,18,19). The molecule has 0 unspecified atom stereocenters. The molecule has 1 heterocycles. The van der Waals surface area contributed by atoms with Gasteiger partial charge in [-0.15, -0.1) is 0 Å². The Kier molecular flexibility index (Phi) is 4.65. The van der Waals surface area contributed by atoms with Gasteiger partial charge < -0.3 is 14.5 Å². The number of carboxylic acids is 1. The van der Waals surface area contributed by atoms with E-state index in [-0.39, 0.29) is 24.4 Å². The molecule has 1 N–H and O–H groups in total. The van der Waals surface area contributed by atoms with Crippen LogP contribution >= 0.6 is 0 Å². The predicted octanol–water partition coefficient (Wildman–Crippen LogP) is 2.58. The van der Waals surface area contributed by atoms with Gasteiger partial charge in [0.15, 0.2) is 5.76 Å². The molecule has 6 heteroatoms. The van der Waals surface area contributed by atoms with E-state index in [1.165, 1.54) is 4.90 Å².